The van der Waals surface area contributed by atoms with Crippen LogP contribution < -0.4 is 10.2 Å². The lowest BCUT2D eigenvalue weighted by molar-refractivity contribution is -0.139. The van der Waals surface area contributed by atoms with Crippen LogP contribution in [-0.2, 0) is 9.59 Å². The first-order valence-electron chi connectivity index (χ1n) is 12.6. The summed E-state index contributed by atoms with van der Waals surface area (Å²) in [6.45, 7) is 2.26. The summed E-state index contributed by atoms with van der Waals surface area (Å²) in [5, 5.41) is 22.6. The van der Waals surface area contributed by atoms with Crippen molar-refractivity contribution < 1.29 is 14.7 Å². The molecule has 1 unspecified atom stereocenters. The largest absolute Gasteiger partial charge is 0.393 e. The van der Waals surface area contributed by atoms with Crippen molar-refractivity contribution in [2.24, 2.45) is 11.3 Å². The fraction of sp³-hybridized carbons (Fsp3) is 0.654. The SMILES string of the molecule is N#Cc1cc(NC(=O)C2CCC2)ccc1N1CCCC2(CCN([C@H]3CC[C@H](O)CC3)C2=O)C1. The van der Waals surface area contributed by atoms with Crippen LogP contribution in [0.5, 0.6) is 0 Å². The van der Waals surface area contributed by atoms with Crippen molar-refractivity contribution >= 4 is 23.2 Å². The molecule has 2 amide bonds. The van der Waals surface area contributed by atoms with E-state index in [-0.39, 0.29) is 35.3 Å². The molecule has 4 aliphatic rings. The van der Waals surface area contributed by atoms with Gasteiger partial charge in [-0.15, -0.1) is 0 Å². The third kappa shape index (κ3) is 4.21. The zero-order valence-electron chi connectivity index (χ0n) is 19.3. The molecule has 1 aromatic rings. The molecular formula is C26H34N4O3. The number of nitriles is 1. The van der Waals surface area contributed by atoms with E-state index in [4.69, 9.17) is 0 Å². The van der Waals surface area contributed by atoms with Crippen LogP contribution in [0.4, 0.5) is 11.4 Å². The Balaban J connectivity index is 1.30. The van der Waals surface area contributed by atoms with Gasteiger partial charge in [-0.05, 0) is 76.0 Å². The number of carbonyl (C=O) groups is 2. The highest BCUT2D eigenvalue weighted by Gasteiger charge is 2.50. The summed E-state index contributed by atoms with van der Waals surface area (Å²) < 4.78 is 0. The molecule has 0 radical (unpaired) electrons. The molecule has 176 valence electrons. The van der Waals surface area contributed by atoms with Crippen LogP contribution in [0.2, 0.25) is 0 Å². The third-order valence-electron chi connectivity index (χ3n) is 8.43. The van der Waals surface area contributed by atoms with Gasteiger partial charge in [0.05, 0.1) is 22.8 Å². The smallest absolute Gasteiger partial charge is 0.230 e. The molecule has 2 saturated carbocycles. The standard InChI is InChI=1S/C26H34N4O3/c27-16-19-15-20(28-24(32)18-3-1-4-18)5-10-23(19)29-13-2-11-26(17-29)12-14-30(25(26)33)21-6-8-22(31)9-7-21/h5,10,15,18,21-22,31H,1-4,6-9,11-14,17H2,(H,28,32)/t21-,22-,26?. The number of likely N-dealkylation sites (tertiary alicyclic amines) is 1. The van der Waals surface area contributed by atoms with Gasteiger partial charge in [0.1, 0.15) is 6.07 Å². The zero-order valence-corrected chi connectivity index (χ0v) is 19.3. The molecule has 1 aromatic carbocycles. The number of hydrogen-bond acceptors (Lipinski definition) is 5. The van der Waals surface area contributed by atoms with Gasteiger partial charge in [-0.1, -0.05) is 6.42 Å². The van der Waals surface area contributed by atoms with Crippen molar-refractivity contribution in [1.82, 2.24) is 4.90 Å². The highest BCUT2D eigenvalue weighted by atomic mass is 16.3. The van der Waals surface area contributed by atoms with Gasteiger partial charge < -0.3 is 20.2 Å². The Morgan fingerprint density at radius 2 is 1.88 bits per heavy atom. The third-order valence-corrected chi connectivity index (χ3v) is 8.43. The fourth-order valence-electron chi connectivity index (χ4n) is 6.18. The molecule has 2 N–H and O–H groups in total. The van der Waals surface area contributed by atoms with Crippen LogP contribution in [0.3, 0.4) is 0 Å². The summed E-state index contributed by atoms with van der Waals surface area (Å²) in [5.41, 5.74) is 1.69. The summed E-state index contributed by atoms with van der Waals surface area (Å²) in [5.74, 6) is 0.402. The maximum Gasteiger partial charge on any atom is 0.230 e. The Bertz CT molecular complexity index is 961. The predicted octanol–water partition coefficient (Wildman–Crippen LogP) is 3.42. The molecule has 4 fully saturated rings. The van der Waals surface area contributed by atoms with E-state index >= 15 is 0 Å². The lowest BCUT2D eigenvalue weighted by Gasteiger charge is -2.41. The Morgan fingerprint density at radius 1 is 1.09 bits per heavy atom. The topological polar surface area (TPSA) is 96.7 Å². The Morgan fingerprint density at radius 3 is 2.58 bits per heavy atom. The molecule has 7 nitrogen and oxygen atoms in total. The average Bonchev–Trinajstić information content (AvgIpc) is 3.08. The van der Waals surface area contributed by atoms with Gasteiger partial charge >= 0.3 is 0 Å². The van der Waals surface area contributed by atoms with E-state index in [0.717, 1.165) is 83.0 Å². The van der Waals surface area contributed by atoms with Crippen molar-refractivity contribution in [3.8, 4) is 6.07 Å². The Hall–Kier alpha value is -2.59. The van der Waals surface area contributed by atoms with Gasteiger partial charge in [-0.3, -0.25) is 9.59 Å². The number of amides is 2. The van der Waals surface area contributed by atoms with E-state index in [1.807, 2.05) is 12.1 Å². The summed E-state index contributed by atoms with van der Waals surface area (Å²) in [4.78, 5) is 30.2. The molecule has 33 heavy (non-hydrogen) atoms. The normalized spacial score (nSPS) is 30.2. The zero-order chi connectivity index (χ0) is 23.0. The van der Waals surface area contributed by atoms with Crippen LogP contribution >= 0.6 is 0 Å². The monoisotopic (exact) mass is 450 g/mol. The number of hydrogen-bond donors (Lipinski definition) is 2. The summed E-state index contributed by atoms with van der Waals surface area (Å²) in [6, 6.07) is 8.13. The Labute approximate surface area is 195 Å². The van der Waals surface area contributed by atoms with E-state index in [0.29, 0.717) is 17.8 Å². The van der Waals surface area contributed by atoms with Crippen molar-refractivity contribution in [1.29, 1.82) is 5.26 Å². The molecule has 0 aromatic heterocycles. The van der Waals surface area contributed by atoms with Crippen LogP contribution in [-0.4, -0.2) is 53.6 Å². The maximum atomic E-state index is 13.6. The number of aliphatic hydroxyl groups excluding tert-OH is 1. The van der Waals surface area contributed by atoms with Gasteiger partial charge in [0, 0.05) is 37.3 Å². The Kier molecular flexibility index (Phi) is 6.05. The second kappa shape index (κ2) is 8.98. The van der Waals surface area contributed by atoms with Crippen LogP contribution in [0, 0.1) is 22.7 Å². The van der Waals surface area contributed by atoms with E-state index < -0.39 is 0 Å². The van der Waals surface area contributed by atoms with Gasteiger partial charge in [-0.2, -0.15) is 5.26 Å². The second-order valence-electron chi connectivity index (χ2n) is 10.5. The molecule has 2 saturated heterocycles. The van der Waals surface area contributed by atoms with Gasteiger partial charge in [0.2, 0.25) is 11.8 Å². The lowest BCUT2D eigenvalue weighted by atomic mass is 9.78. The molecule has 2 aliphatic heterocycles. The van der Waals surface area contributed by atoms with Crippen molar-refractivity contribution in [2.45, 2.75) is 76.4 Å². The minimum absolute atomic E-state index is 0.0432. The highest BCUT2D eigenvalue weighted by Crippen LogP contribution is 2.44. The van der Waals surface area contributed by atoms with Crippen LogP contribution in [0.25, 0.3) is 0 Å². The molecule has 1 spiro atoms. The van der Waals surface area contributed by atoms with E-state index in [2.05, 4.69) is 21.2 Å². The minimum atomic E-state index is -0.377. The number of piperidine rings is 1. The van der Waals surface area contributed by atoms with Crippen LogP contribution in [0.15, 0.2) is 18.2 Å². The number of nitrogens with zero attached hydrogens (tertiary/aromatic N) is 3. The highest BCUT2D eigenvalue weighted by molar-refractivity contribution is 5.93. The first-order chi connectivity index (χ1) is 16.0. The van der Waals surface area contributed by atoms with Gasteiger partial charge in [0.25, 0.3) is 0 Å². The van der Waals surface area contributed by atoms with E-state index in [1.54, 1.807) is 6.07 Å². The van der Waals surface area contributed by atoms with Crippen LogP contribution in [0.1, 0.15) is 69.8 Å². The minimum Gasteiger partial charge on any atom is -0.393 e. The number of rotatable bonds is 4. The molecule has 0 bridgehead atoms. The maximum absolute atomic E-state index is 13.6. The van der Waals surface area contributed by atoms with Crippen molar-refractivity contribution in [2.75, 3.05) is 29.9 Å². The number of benzene rings is 1. The number of aliphatic hydroxyl groups is 1. The molecule has 1 atom stereocenters. The lowest BCUT2D eigenvalue weighted by Crippen LogP contribution is -2.50. The number of nitrogens with one attached hydrogen (secondary N) is 1. The average molecular weight is 451 g/mol. The summed E-state index contributed by atoms with van der Waals surface area (Å²) in [7, 11) is 0. The quantitative estimate of drug-likeness (QED) is 0.733. The van der Waals surface area contributed by atoms with Gasteiger partial charge in [0.15, 0.2) is 0 Å². The first-order valence-corrected chi connectivity index (χ1v) is 12.6. The van der Waals surface area contributed by atoms with Crippen molar-refractivity contribution in [3.05, 3.63) is 23.8 Å². The van der Waals surface area contributed by atoms with E-state index in [9.17, 15) is 20.0 Å². The second-order valence-corrected chi connectivity index (χ2v) is 10.5. The summed E-state index contributed by atoms with van der Waals surface area (Å²) in [6.07, 6.45) is 8.79. The molecule has 7 heteroatoms. The molecular weight excluding hydrogens is 416 g/mol. The number of anilines is 2. The number of carbonyl (C=O) groups excluding carboxylic acids is 2. The van der Waals surface area contributed by atoms with Crippen molar-refractivity contribution in [3.63, 3.8) is 0 Å². The summed E-state index contributed by atoms with van der Waals surface area (Å²) >= 11 is 0. The molecule has 2 heterocycles. The van der Waals surface area contributed by atoms with E-state index in [1.165, 1.54) is 0 Å². The fourth-order valence-corrected chi connectivity index (χ4v) is 6.18. The predicted molar refractivity (Wildman–Crippen MR) is 126 cm³/mol. The van der Waals surface area contributed by atoms with Gasteiger partial charge in [-0.25, -0.2) is 0 Å². The first kappa shape index (κ1) is 22.2. The molecule has 5 rings (SSSR count). The molecule has 2 aliphatic carbocycles.